The number of sulfonamides is 2. The molecular weight excluding hydrogens is 390 g/mol. The highest BCUT2D eigenvalue weighted by Crippen LogP contribution is 2.27. The number of anilines is 1. The van der Waals surface area contributed by atoms with Crippen molar-refractivity contribution >= 4 is 25.7 Å². The van der Waals surface area contributed by atoms with Crippen LogP contribution in [-0.2, 0) is 24.8 Å². The quantitative estimate of drug-likeness (QED) is 0.726. The molecule has 2 aliphatic heterocycles. The molecule has 0 unspecified atom stereocenters. The second kappa shape index (κ2) is 8.44. The van der Waals surface area contributed by atoms with Gasteiger partial charge in [-0.05, 0) is 37.5 Å². The Kier molecular flexibility index (Phi) is 6.42. The van der Waals surface area contributed by atoms with E-state index in [1.807, 2.05) is 0 Å². The Balaban J connectivity index is 1.74. The van der Waals surface area contributed by atoms with Gasteiger partial charge in [-0.25, -0.2) is 21.6 Å². The lowest BCUT2D eigenvalue weighted by molar-refractivity contribution is 0.0390. The normalized spacial score (nSPS) is 21.3. The van der Waals surface area contributed by atoms with Gasteiger partial charge in [-0.15, -0.1) is 0 Å². The van der Waals surface area contributed by atoms with E-state index in [0.717, 1.165) is 19.5 Å². The van der Waals surface area contributed by atoms with Crippen LogP contribution in [-0.4, -0.2) is 73.4 Å². The van der Waals surface area contributed by atoms with E-state index in [4.69, 9.17) is 4.74 Å². The van der Waals surface area contributed by atoms with Crippen LogP contribution in [0.5, 0.6) is 0 Å². The van der Waals surface area contributed by atoms with Crippen LogP contribution in [0.2, 0.25) is 0 Å². The smallest absolute Gasteiger partial charge is 0.240 e. The average Bonchev–Trinajstić information content (AvgIpc) is 2.63. The van der Waals surface area contributed by atoms with Crippen molar-refractivity contribution < 1.29 is 21.6 Å². The molecule has 1 aromatic rings. The van der Waals surface area contributed by atoms with E-state index in [-0.39, 0.29) is 10.6 Å². The number of nitrogens with one attached hydrogen (secondary N) is 1. The maximum Gasteiger partial charge on any atom is 0.240 e. The molecule has 0 bridgehead atoms. The van der Waals surface area contributed by atoms with E-state index >= 15 is 0 Å². The predicted molar refractivity (Wildman–Crippen MR) is 104 cm³/mol. The van der Waals surface area contributed by atoms with Gasteiger partial charge < -0.3 is 4.74 Å². The Bertz CT molecular complexity index is 865. The van der Waals surface area contributed by atoms with Gasteiger partial charge in [-0.3, -0.25) is 9.21 Å². The van der Waals surface area contributed by atoms with E-state index in [1.54, 1.807) is 19.1 Å². The zero-order valence-electron chi connectivity index (χ0n) is 15.6. The summed E-state index contributed by atoms with van der Waals surface area (Å²) in [7, 11) is -7.10. The van der Waals surface area contributed by atoms with Gasteiger partial charge in [0.25, 0.3) is 0 Å². The minimum atomic E-state index is -3.72. The maximum atomic E-state index is 12.8. The summed E-state index contributed by atoms with van der Waals surface area (Å²) < 4.78 is 59.4. The van der Waals surface area contributed by atoms with E-state index < -0.39 is 20.0 Å². The van der Waals surface area contributed by atoms with Crippen molar-refractivity contribution in [3.8, 4) is 0 Å². The molecule has 2 heterocycles. The topological polar surface area (TPSA) is 96.0 Å². The summed E-state index contributed by atoms with van der Waals surface area (Å²) in [6.45, 7) is 5.93. The largest absolute Gasteiger partial charge is 0.379 e. The first kappa shape index (κ1) is 20.5. The molecule has 3 rings (SSSR count). The zero-order chi connectivity index (χ0) is 19.5. The number of benzene rings is 1. The monoisotopic (exact) mass is 417 g/mol. The van der Waals surface area contributed by atoms with Crippen LogP contribution in [0, 0.1) is 6.92 Å². The predicted octanol–water partition coefficient (Wildman–Crippen LogP) is 0.536. The van der Waals surface area contributed by atoms with Gasteiger partial charge in [0.2, 0.25) is 20.0 Å². The molecule has 0 aromatic heterocycles. The van der Waals surface area contributed by atoms with Crippen LogP contribution < -0.4 is 9.03 Å². The molecule has 152 valence electrons. The number of morpholine rings is 1. The van der Waals surface area contributed by atoms with Gasteiger partial charge in [-0.1, -0.05) is 6.07 Å². The molecule has 0 spiro atoms. The highest BCUT2D eigenvalue weighted by atomic mass is 32.2. The summed E-state index contributed by atoms with van der Waals surface area (Å²) in [6.07, 6.45) is 1.41. The minimum absolute atomic E-state index is 0.0980. The summed E-state index contributed by atoms with van der Waals surface area (Å²) in [4.78, 5) is 2.28. The van der Waals surface area contributed by atoms with Crippen LogP contribution in [0.25, 0.3) is 0 Å². The molecule has 1 aromatic carbocycles. The highest BCUT2D eigenvalue weighted by Gasteiger charge is 2.27. The van der Waals surface area contributed by atoms with Crippen LogP contribution in [0.1, 0.15) is 18.4 Å². The first-order valence-corrected chi connectivity index (χ1v) is 12.3. The minimum Gasteiger partial charge on any atom is -0.379 e. The Morgan fingerprint density at radius 1 is 1.15 bits per heavy atom. The fourth-order valence-electron chi connectivity index (χ4n) is 3.35. The van der Waals surface area contributed by atoms with Crippen molar-refractivity contribution in [3.05, 3.63) is 23.8 Å². The molecule has 0 saturated carbocycles. The fraction of sp³-hybridized carbons (Fsp3) is 0.647. The molecular formula is C17H27N3O5S2. The van der Waals surface area contributed by atoms with E-state index in [1.165, 1.54) is 10.4 Å². The van der Waals surface area contributed by atoms with Crippen molar-refractivity contribution in [1.82, 2.24) is 9.62 Å². The second-order valence-electron chi connectivity index (χ2n) is 6.90. The number of hydrogen-bond acceptors (Lipinski definition) is 6. The molecule has 0 aliphatic carbocycles. The van der Waals surface area contributed by atoms with Gasteiger partial charge in [0.1, 0.15) is 0 Å². The average molecular weight is 418 g/mol. The van der Waals surface area contributed by atoms with Crippen molar-refractivity contribution in [2.75, 3.05) is 56.0 Å². The maximum absolute atomic E-state index is 12.8. The molecule has 2 aliphatic rings. The number of hydrogen-bond donors (Lipinski definition) is 1. The Hall–Kier alpha value is -1.20. The molecule has 0 radical (unpaired) electrons. The summed E-state index contributed by atoms with van der Waals surface area (Å²) in [5, 5.41) is 0. The van der Waals surface area contributed by atoms with Crippen LogP contribution in [0.15, 0.2) is 23.1 Å². The van der Waals surface area contributed by atoms with Gasteiger partial charge in [0.05, 0.1) is 29.5 Å². The van der Waals surface area contributed by atoms with Crippen molar-refractivity contribution in [3.63, 3.8) is 0 Å². The van der Waals surface area contributed by atoms with E-state index in [9.17, 15) is 16.8 Å². The highest BCUT2D eigenvalue weighted by molar-refractivity contribution is 7.92. The third kappa shape index (κ3) is 5.00. The lowest BCUT2D eigenvalue weighted by atomic mass is 10.2. The van der Waals surface area contributed by atoms with Gasteiger partial charge in [-0.2, -0.15) is 0 Å². The third-order valence-corrected chi connectivity index (χ3v) is 8.39. The number of rotatable bonds is 6. The Labute approximate surface area is 161 Å². The van der Waals surface area contributed by atoms with Crippen LogP contribution >= 0.6 is 0 Å². The second-order valence-corrected chi connectivity index (χ2v) is 10.6. The fourth-order valence-corrected chi connectivity index (χ4v) is 6.27. The molecule has 10 heteroatoms. The summed E-state index contributed by atoms with van der Waals surface area (Å²) in [5.41, 5.74) is 1.00. The first-order valence-electron chi connectivity index (χ1n) is 9.20. The molecule has 0 amide bonds. The summed E-state index contributed by atoms with van der Waals surface area (Å²) >= 11 is 0. The van der Waals surface area contributed by atoms with Crippen LogP contribution in [0.3, 0.4) is 0 Å². The van der Waals surface area contributed by atoms with Gasteiger partial charge in [0.15, 0.2) is 0 Å². The molecule has 2 fully saturated rings. The van der Waals surface area contributed by atoms with Crippen LogP contribution in [0.4, 0.5) is 5.69 Å². The Morgan fingerprint density at radius 2 is 1.89 bits per heavy atom. The summed E-state index contributed by atoms with van der Waals surface area (Å²) in [5.74, 6) is 0.0980. The SMILES string of the molecule is Cc1ccc(N2CCCCS2(=O)=O)cc1S(=O)(=O)NCCN1CCOCC1. The number of ether oxygens (including phenoxy) is 1. The standard InChI is InChI=1S/C17H27N3O5S2/c1-15-4-5-16(20-7-2-3-13-26(20,21)22)14-17(15)27(23,24)18-6-8-19-9-11-25-12-10-19/h4-5,14,18H,2-3,6-13H2,1H3. The third-order valence-electron chi connectivity index (χ3n) is 4.92. The molecule has 1 N–H and O–H groups in total. The first-order chi connectivity index (χ1) is 12.8. The molecule has 27 heavy (non-hydrogen) atoms. The van der Waals surface area contributed by atoms with Gasteiger partial charge >= 0.3 is 0 Å². The van der Waals surface area contributed by atoms with E-state index in [0.29, 0.717) is 50.5 Å². The van der Waals surface area contributed by atoms with Crippen molar-refractivity contribution in [1.29, 1.82) is 0 Å². The molecule has 0 atom stereocenters. The van der Waals surface area contributed by atoms with E-state index in [2.05, 4.69) is 9.62 Å². The lowest BCUT2D eigenvalue weighted by Gasteiger charge is -2.29. The Morgan fingerprint density at radius 3 is 2.59 bits per heavy atom. The summed E-state index contributed by atoms with van der Waals surface area (Å²) in [6, 6.07) is 4.80. The molecule has 2 saturated heterocycles. The number of aryl methyl sites for hydroxylation is 1. The zero-order valence-corrected chi connectivity index (χ0v) is 17.2. The van der Waals surface area contributed by atoms with Crippen molar-refractivity contribution in [2.45, 2.75) is 24.7 Å². The number of nitrogens with zero attached hydrogens (tertiary/aromatic N) is 2. The van der Waals surface area contributed by atoms with Gasteiger partial charge in [0, 0.05) is 32.7 Å². The molecule has 8 nitrogen and oxygen atoms in total. The lowest BCUT2D eigenvalue weighted by Crippen LogP contribution is -2.41. The van der Waals surface area contributed by atoms with Crippen molar-refractivity contribution in [2.24, 2.45) is 0 Å².